The molecular weight excluding hydrogens is 260 g/mol. The summed E-state index contributed by atoms with van der Waals surface area (Å²) in [6.07, 6.45) is 0.631. The fourth-order valence-corrected chi connectivity index (χ4v) is 2.24. The molecule has 106 valence electrons. The molecule has 3 nitrogen and oxygen atoms in total. The lowest BCUT2D eigenvalue weighted by molar-refractivity contribution is 0.0875. The minimum Gasteiger partial charge on any atom is -0.299 e. The second-order valence-corrected chi connectivity index (χ2v) is 5.22. The second-order valence-electron chi connectivity index (χ2n) is 5.22. The van der Waals surface area contributed by atoms with Gasteiger partial charge in [0.1, 0.15) is 0 Å². The standard InChI is InChI=1S/C18H18N2O/c1-20(2)17(18(21)16-6-4-3-5-7-16)12-14-8-10-15(13-19)11-9-14/h3-11,17H,12H2,1-2H3/t17-/m1/s1. The highest BCUT2D eigenvalue weighted by Crippen LogP contribution is 2.13. The van der Waals surface area contributed by atoms with Crippen LogP contribution < -0.4 is 0 Å². The van der Waals surface area contributed by atoms with Crippen molar-refractivity contribution in [2.75, 3.05) is 14.1 Å². The first kappa shape index (κ1) is 15.0. The highest BCUT2D eigenvalue weighted by Gasteiger charge is 2.22. The highest BCUT2D eigenvalue weighted by molar-refractivity contribution is 6.00. The van der Waals surface area contributed by atoms with Gasteiger partial charge in [0, 0.05) is 5.56 Å². The van der Waals surface area contributed by atoms with Crippen molar-refractivity contribution < 1.29 is 4.79 Å². The molecule has 0 bridgehead atoms. The number of Topliss-reactive ketones (excluding diaryl/α,β-unsaturated/α-hetero) is 1. The van der Waals surface area contributed by atoms with E-state index in [-0.39, 0.29) is 11.8 Å². The monoisotopic (exact) mass is 278 g/mol. The maximum absolute atomic E-state index is 12.6. The van der Waals surface area contributed by atoms with E-state index in [1.54, 1.807) is 12.1 Å². The lowest BCUT2D eigenvalue weighted by atomic mass is 9.96. The molecule has 0 amide bonds. The molecule has 21 heavy (non-hydrogen) atoms. The van der Waals surface area contributed by atoms with Gasteiger partial charge in [0.05, 0.1) is 17.7 Å². The van der Waals surface area contributed by atoms with Gasteiger partial charge in [-0.25, -0.2) is 0 Å². The summed E-state index contributed by atoms with van der Waals surface area (Å²) in [6, 6.07) is 18.6. The number of hydrogen-bond acceptors (Lipinski definition) is 3. The van der Waals surface area contributed by atoms with Gasteiger partial charge < -0.3 is 0 Å². The lowest BCUT2D eigenvalue weighted by Gasteiger charge is -2.23. The van der Waals surface area contributed by atoms with Crippen molar-refractivity contribution in [3.05, 3.63) is 71.3 Å². The summed E-state index contributed by atoms with van der Waals surface area (Å²) in [5.74, 6) is 0.116. The Kier molecular flexibility index (Phi) is 4.86. The average molecular weight is 278 g/mol. The van der Waals surface area contributed by atoms with Crippen molar-refractivity contribution in [1.82, 2.24) is 4.90 Å². The maximum atomic E-state index is 12.6. The van der Waals surface area contributed by atoms with E-state index in [1.807, 2.05) is 61.5 Å². The van der Waals surface area contributed by atoms with E-state index >= 15 is 0 Å². The van der Waals surface area contributed by atoms with Crippen LogP contribution in [-0.2, 0) is 6.42 Å². The van der Waals surface area contributed by atoms with Gasteiger partial charge in [-0.3, -0.25) is 9.69 Å². The van der Waals surface area contributed by atoms with E-state index < -0.39 is 0 Å². The van der Waals surface area contributed by atoms with E-state index in [2.05, 4.69) is 6.07 Å². The Hall–Kier alpha value is -2.44. The summed E-state index contributed by atoms with van der Waals surface area (Å²) in [6.45, 7) is 0. The van der Waals surface area contributed by atoms with Crippen LogP contribution in [-0.4, -0.2) is 30.8 Å². The van der Waals surface area contributed by atoms with E-state index in [0.717, 1.165) is 11.1 Å². The second kappa shape index (κ2) is 6.83. The number of hydrogen-bond donors (Lipinski definition) is 0. The summed E-state index contributed by atoms with van der Waals surface area (Å²) in [4.78, 5) is 14.6. The van der Waals surface area contributed by atoms with E-state index in [1.165, 1.54) is 0 Å². The summed E-state index contributed by atoms with van der Waals surface area (Å²) in [7, 11) is 3.82. The maximum Gasteiger partial charge on any atom is 0.180 e. The van der Waals surface area contributed by atoms with Crippen LogP contribution in [0.2, 0.25) is 0 Å². The van der Waals surface area contributed by atoms with Gasteiger partial charge in [-0.05, 0) is 38.2 Å². The fraction of sp³-hybridized carbons (Fsp3) is 0.222. The van der Waals surface area contributed by atoms with Crippen molar-refractivity contribution in [2.45, 2.75) is 12.5 Å². The molecule has 0 saturated heterocycles. The van der Waals surface area contributed by atoms with Crippen LogP contribution in [0.4, 0.5) is 0 Å². The SMILES string of the molecule is CN(C)[C@H](Cc1ccc(C#N)cc1)C(=O)c1ccccc1. The number of ketones is 1. The predicted molar refractivity (Wildman–Crippen MR) is 83.1 cm³/mol. The molecule has 2 rings (SSSR count). The van der Waals surface area contributed by atoms with Crippen LogP contribution in [0.3, 0.4) is 0 Å². The highest BCUT2D eigenvalue weighted by atomic mass is 16.1. The molecule has 2 aromatic carbocycles. The third kappa shape index (κ3) is 3.77. The number of likely N-dealkylation sites (N-methyl/N-ethyl adjacent to an activating group) is 1. The van der Waals surface area contributed by atoms with Gasteiger partial charge in [-0.2, -0.15) is 5.26 Å². The number of nitrogens with zero attached hydrogens (tertiary/aromatic N) is 2. The predicted octanol–water partition coefficient (Wildman–Crippen LogP) is 2.91. The Morgan fingerprint density at radius 2 is 1.71 bits per heavy atom. The molecule has 3 heteroatoms. The van der Waals surface area contributed by atoms with E-state index in [4.69, 9.17) is 5.26 Å². The molecule has 0 fully saturated rings. The first-order valence-corrected chi connectivity index (χ1v) is 6.86. The zero-order chi connectivity index (χ0) is 15.2. The Balaban J connectivity index is 2.19. The molecule has 0 spiro atoms. The van der Waals surface area contributed by atoms with Gasteiger partial charge >= 0.3 is 0 Å². The molecule has 0 aliphatic rings. The van der Waals surface area contributed by atoms with Crippen LogP contribution in [0, 0.1) is 11.3 Å². The van der Waals surface area contributed by atoms with Crippen LogP contribution in [0.25, 0.3) is 0 Å². The van der Waals surface area contributed by atoms with Gasteiger partial charge in [0.15, 0.2) is 5.78 Å². The molecule has 0 aliphatic heterocycles. The zero-order valence-electron chi connectivity index (χ0n) is 12.3. The molecule has 0 heterocycles. The van der Waals surface area contributed by atoms with Crippen LogP contribution in [0.5, 0.6) is 0 Å². The number of nitriles is 1. The average Bonchev–Trinajstić information content (AvgIpc) is 2.53. The molecule has 0 N–H and O–H groups in total. The van der Waals surface area contributed by atoms with Gasteiger partial charge in [0.25, 0.3) is 0 Å². The molecule has 2 aromatic rings. The van der Waals surface area contributed by atoms with Crippen molar-refractivity contribution in [1.29, 1.82) is 5.26 Å². The van der Waals surface area contributed by atoms with Crippen molar-refractivity contribution in [2.24, 2.45) is 0 Å². The number of carbonyl (C=O) groups excluding carboxylic acids is 1. The Bertz CT molecular complexity index is 639. The lowest BCUT2D eigenvalue weighted by Crippen LogP contribution is -2.37. The first-order chi connectivity index (χ1) is 10.1. The topological polar surface area (TPSA) is 44.1 Å². The van der Waals surface area contributed by atoms with E-state index in [0.29, 0.717) is 12.0 Å². The molecule has 0 unspecified atom stereocenters. The Morgan fingerprint density at radius 3 is 2.24 bits per heavy atom. The summed E-state index contributed by atoms with van der Waals surface area (Å²) >= 11 is 0. The minimum atomic E-state index is -0.208. The summed E-state index contributed by atoms with van der Waals surface area (Å²) in [5.41, 5.74) is 2.41. The molecular formula is C18H18N2O. The largest absolute Gasteiger partial charge is 0.299 e. The molecule has 0 radical (unpaired) electrons. The molecule has 1 atom stereocenters. The van der Waals surface area contributed by atoms with Gasteiger partial charge in [-0.15, -0.1) is 0 Å². The minimum absolute atomic E-state index is 0.116. The first-order valence-electron chi connectivity index (χ1n) is 6.86. The summed E-state index contributed by atoms with van der Waals surface area (Å²) < 4.78 is 0. The fourth-order valence-electron chi connectivity index (χ4n) is 2.24. The van der Waals surface area contributed by atoms with E-state index in [9.17, 15) is 4.79 Å². The van der Waals surface area contributed by atoms with Crippen LogP contribution in [0.15, 0.2) is 54.6 Å². The van der Waals surface area contributed by atoms with Crippen molar-refractivity contribution in [3.8, 4) is 6.07 Å². The van der Waals surface area contributed by atoms with Crippen molar-refractivity contribution in [3.63, 3.8) is 0 Å². The van der Waals surface area contributed by atoms with Crippen LogP contribution >= 0.6 is 0 Å². The molecule has 0 aliphatic carbocycles. The Labute approximate surface area is 125 Å². The van der Waals surface area contributed by atoms with Gasteiger partial charge in [0.2, 0.25) is 0 Å². The third-order valence-electron chi connectivity index (χ3n) is 3.50. The van der Waals surface area contributed by atoms with Gasteiger partial charge in [-0.1, -0.05) is 42.5 Å². The van der Waals surface area contributed by atoms with Crippen molar-refractivity contribution >= 4 is 5.78 Å². The summed E-state index contributed by atoms with van der Waals surface area (Å²) in [5, 5.41) is 8.82. The number of rotatable bonds is 5. The quantitative estimate of drug-likeness (QED) is 0.790. The molecule has 0 aromatic heterocycles. The zero-order valence-corrected chi connectivity index (χ0v) is 12.3. The number of benzene rings is 2. The van der Waals surface area contributed by atoms with Crippen LogP contribution in [0.1, 0.15) is 21.5 Å². The molecule has 0 saturated carbocycles. The number of carbonyl (C=O) groups is 1. The normalized spacial score (nSPS) is 11.9. The smallest absolute Gasteiger partial charge is 0.180 e. The third-order valence-corrected chi connectivity index (χ3v) is 3.50. The Morgan fingerprint density at radius 1 is 1.10 bits per heavy atom.